The molecule has 1 aromatic carbocycles. The zero-order valence-electron chi connectivity index (χ0n) is 12.2. The Morgan fingerprint density at radius 2 is 2.09 bits per heavy atom. The molecule has 2 fully saturated rings. The molecule has 6 heteroatoms. The summed E-state index contributed by atoms with van der Waals surface area (Å²) in [5.41, 5.74) is 0.573. The summed E-state index contributed by atoms with van der Waals surface area (Å²) in [4.78, 5) is 27.4. The highest BCUT2D eigenvalue weighted by Crippen LogP contribution is 2.28. The lowest BCUT2D eigenvalue weighted by Gasteiger charge is -2.36. The molecule has 1 amide bonds. The number of benzene rings is 1. The number of carbonyl (C=O) groups is 2. The van der Waals surface area contributed by atoms with Crippen LogP contribution in [-0.2, 0) is 9.59 Å². The van der Waals surface area contributed by atoms with Crippen LogP contribution in [-0.4, -0.2) is 47.6 Å². The fourth-order valence-corrected chi connectivity index (χ4v) is 3.37. The van der Waals surface area contributed by atoms with Gasteiger partial charge in [-0.15, -0.1) is 0 Å². The number of carboxylic acids is 1. The number of likely N-dealkylation sites (tertiary alicyclic amines) is 1. The van der Waals surface area contributed by atoms with Gasteiger partial charge in [0, 0.05) is 18.8 Å². The van der Waals surface area contributed by atoms with E-state index >= 15 is 0 Å². The minimum atomic E-state index is -0.798. The molecule has 5 nitrogen and oxygen atoms in total. The molecule has 2 atom stereocenters. The largest absolute Gasteiger partial charge is 0.481 e. The molecule has 2 aliphatic rings. The Kier molecular flexibility index (Phi) is 4.11. The van der Waals surface area contributed by atoms with Crippen LogP contribution in [0.4, 0.5) is 10.1 Å². The van der Waals surface area contributed by atoms with Gasteiger partial charge in [-0.25, -0.2) is 4.39 Å². The molecule has 0 radical (unpaired) electrons. The Hall–Kier alpha value is -1.95. The van der Waals surface area contributed by atoms with Crippen LogP contribution >= 0.6 is 0 Å². The van der Waals surface area contributed by atoms with Crippen LogP contribution in [0.15, 0.2) is 24.3 Å². The molecule has 2 aliphatic heterocycles. The van der Waals surface area contributed by atoms with E-state index in [0.717, 1.165) is 12.8 Å². The van der Waals surface area contributed by atoms with E-state index in [1.807, 2.05) is 4.90 Å². The van der Waals surface area contributed by atoms with Gasteiger partial charge >= 0.3 is 5.97 Å². The molecule has 3 rings (SSSR count). The van der Waals surface area contributed by atoms with Crippen molar-refractivity contribution in [3.8, 4) is 0 Å². The predicted octanol–water partition coefficient (Wildman–Crippen LogP) is 1.73. The minimum absolute atomic E-state index is 0.0529. The molecular formula is C16H19FN2O3. The van der Waals surface area contributed by atoms with Crippen LogP contribution in [0, 0.1) is 11.7 Å². The van der Waals surface area contributed by atoms with E-state index in [1.54, 1.807) is 17.0 Å². The minimum Gasteiger partial charge on any atom is -0.481 e. The predicted molar refractivity (Wildman–Crippen MR) is 79.1 cm³/mol. The monoisotopic (exact) mass is 306 g/mol. The standard InChI is InChI=1S/C16H19FN2O3/c17-12-3-1-4-13(9-12)19-7-2-5-14(15(19)20)18-8-6-11(10-18)16(21)22/h1,3-4,9,11,14H,2,5-8,10H2,(H,21,22). The van der Waals surface area contributed by atoms with Crippen molar-refractivity contribution in [3.63, 3.8) is 0 Å². The molecule has 1 N–H and O–H groups in total. The summed E-state index contributed by atoms with van der Waals surface area (Å²) in [6.07, 6.45) is 2.15. The van der Waals surface area contributed by atoms with Crippen molar-refractivity contribution in [1.82, 2.24) is 4.90 Å². The van der Waals surface area contributed by atoms with Gasteiger partial charge in [-0.2, -0.15) is 0 Å². The summed E-state index contributed by atoms with van der Waals surface area (Å²) in [5.74, 6) is -1.60. The molecule has 2 heterocycles. The van der Waals surface area contributed by atoms with Gasteiger partial charge in [-0.1, -0.05) is 6.07 Å². The average molecular weight is 306 g/mol. The summed E-state index contributed by atoms with van der Waals surface area (Å²) >= 11 is 0. The highest BCUT2D eigenvalue weighted by atomic mass is 19.1. The first-order valence-electron chi connectivity index (χ1n) is 7.60. The van der Waals surface area contributed by atoms with Crippen molar-refractivity contribution < 1.29 is 19.1 Å². The summed E-state index contributed by atoms with van der Waals surface area (Å²) in [7, 11) is 0. The average Bonchev–Trinajstić information content (AvgIpc) is 2.97. The van der Waals surface area contributed by atoms with E-state index in [9.17, 15) is 14.0 Å². The molecule has 0 aromatic heterocycles. The Bertz CT molecular complexity index is 593. The third-order valence-corrected chi connectivity index (χ3v) is 4.54. The molecule has 2 unspecified atom stereocenters. The lowest BCUT2D eigenvalue weighted by atomic mass is 10.0. The Morgan fingerprint density at radius 1 is 1.27 bits per heavy atom. The topological polar surface area (TPSA) is 60.9 Å². The molecule has 0 bridgehead atoms. The molecule has 22 heavy (non-hydrogen) atoms. The van der Waals surface area contributed by atoms with Gasteiger partial charge in [0.2, 0.25) is 5.91 Å². The number of rotatable bonds is 3. The van der Waals surface area contributed by atoms with Crippen LogP contribution in [0.3, 0.4) is 0 Å². The second kappa shape index (κ2) is 6.04. The van der Waals surface area contributed by atoms with E-state index in [4.69, 9.17) is 5.11 Å². The van der Waals surface area contributed by atoms with Crippen molar-refractivity contribution >= 4 is 17.6 Å². The lowest BCUT2D eigenvalue weighted by Crippen LogP contribution is -2.52. The Labute approximate surface area is 128 Å². The number of amides is 1. The molecular weight excluding hydrogens is 287 g/mol. The summed E-state index contributed by atoms with van der Waals surface area (Å²) in [5, 5.41) is 9.09. The maximum absolute atomic E-state index is 13.4. The van der Waals surface area contributed by atoms with Gasteiger partial charge < -0.3 is 10.0 Å². The summed E-state index contributed by atoms with van der Waals surface area (Å²) in [6.45, 7) is 1.63. The van der Waals surface area contributed by atoms with Crippen LogP contribution in [0.1, 0.15) is 19.3 Å². The van der Waals surface area contributed by atoms with E-state index < -0.39 is 11.9 Å². The fourth-order valence-electron chi connectivity index (χ4n) is 3.37. The van der Waals surface area contributed by atoms with Gasteiger partial charge in [0.15, 0.2) is 0 Å². The highest BCUT2D eigenvalue weighted by Gasteiger charge is 2.39. The van der Waals surface area contributed by atoms with Gasteiger partial charge in [-0.05, 0) is 44.0 Å². The van der Waals surface area contributed by atoms with E-state index in [2.05, 4.69) is 0 Å². The number of piperidine rings is 1. The van der Waals surface area contributed by atoms with E-state index in [1.165, 1.54) is 12.1 Å². The third-order valence-electron chi connectivity index (χ3n) is 4.54. The first-order chi connectivity index (χ1) is 10.6. The SMILES string of the molecule is O=C(O)C1CCN(C2CCCN(c3cccc(F)c3)C2=O)C1. The van der Waals surface area contributed by atoms with Gasteiger partial charge in [-0.3, -0.25) is 14.5 Å². The normalized spacial score (nSPS) is 26.4. The Morgan fingerprint density at radius 3 is 2.77 bits per heavy atom. The molecule has 0 aliphatic carbocycles. The second-order valence-electron chi connectivity index (χ2n) is 5.95. The van der Waals surface area contributed by atoms with E-state index in [-0.39, 0.29) is 17.8 Å². The number of nitrogens with zero attached hydrogens (tertiary/aromatic N) is 2. The maximum atomic E-state index is 13.4. The summed E-state index contributed by atoms with van der Waals surface area (Å²) < 4.78 is 13.4. The lowest BCUT2D eigenvalue weighted by molar-refractivity contribution is -0.141. The molecule has 1 aromatic rings. The smallest absolute Gasteiger partial charge is 0.307 e. The van der Waals surface area contributed by atoms with Crippen LogP contribution in [0.2, 0.25) is 0 Å². The maximum Gasteiger partial charge on any atom is 0.307 e. The zero-order valence-corrected chi connectivity index (χ0v) is 12.2. The van der Waals surface area contributed by atoms with Crippen LogP contribution in [0.25, 0.3) is 0 Å². The van der Waals surface area contributed by atoms with Crippen molar-refractivity contribution in [2.45, 2.75) is 25.3 Å². The first kappa shape index (κ1) is 15.0. The number of aliphatic carboxylic acids is 1. The number of halogens is 1. The highest BCUT2D eigenvalue weighted by molar-refractivity contribution is 5.98. The van der Waals surface area contributed by atoms with Gasteiger partial charge in [0.1, 0.15) is 5.82 Å². The molecule has 0 spiro atoms. The van der Waals surface area contributed by atoms with Crippen molar-refractivity contribution in [1.29, 1.82) is 0 Å². The quantitative estimate of drug-likeness (QED) is 0.924. The third kappa shape index (κ3) is 2.83. The number of anilines is 1. The molecule has 2 saturated heterocycles. The number of carboxylic acid groups (broad SMARTS) is 1. The van der Waals surface area contributed by atoms with Crippen molar-refractivity contribution in [2.75, 3.05) is 24.5 Å². The Balaban J connectivity index is 1.75. The second-order valence-corrected chi connectivity index (χ2v) is 5.95. The van der Waals surface area contributed by atoms with E-state index in [0.29, 0.717) is 31.7 Å². The van der Waals surface area contributed by atoms with Gasteiger partial charge in [0.05, 0.1) is 12.0 Å². The van der Waals surface area contributed by atoms with Crippen LogP contribution < -0.4 is 4.90 Å². The molecule has 118 valence electrons. The zero-order chi connectivity index (χ0) is 15.7. The summed E-state index contributed by atoms with van der Waals surface area (Å²) in [6, 6.07) is 5.75. The number of hydrogen-bond donors (Lipinski definition) is 1. The van der Waals surface area contributed by atoms with Crippen molar-refractivity contribution in [3.05, 3.63) is 30.1 Å². The van der Waals surface area contributed by atoms with Gasteiger partial charge in [0.25, 0.3) is 0 Å². The number of carbonyl (C=O) groups excluding carboxylic acids is 1. The molecule has 0 saturated carbocycles. The van der Waals surface area contributed by atoms with Crippen molar-refractivity contribution in [2.24, 2.45) is 5.92 Å². The fraction of sp³-hybridized carbons (Fsp3) is 0.500. The number of hydrogen-bond acceptors (Lipinski definition) is 3. The van der Waals surface area contributed by atoms with Crippen LogP contribution in [0.5, 0.6) is 0 Å². The first-order valence-corrected chi connectivity index (χ1v) is 7.60.